The van der Waals surface area contributed by atoms with Crippen molar-refractivity contribution in [2.45, 2.75) is 13.8 Å². The third kappa shape index (κ3) is 2.51. The van der Waals surface area contributed by atoms with Crippen LogP contribution in [0.3, 0.4) is 0 Å². The first kappa shape index (κ1) is 15.0. The van der Waals surface area contributed by atoms with Gasteiger partial charge in [0.15, 0.2) is 5.13 Å². The van der Waals surface area contributed by atoms with Gasteiger partial charge in [-0.1, -0.05) is 0 Å². The van der Waals surface area contributed by atoms with Crippen LogP contribution in [-0.2, 0) is 0 Å². The van der Waals surface area contributed by atoms with Crippen LogP contribution < -0.4 is 5.32 Å². The van der Waals surface area contributed by atoms with Crippen molar-refractivity contribution in [3.05, 3.63) is 58.3 Å². The maximum absolute atomic E-state index is 12.8. The van der Waals surface area contributed by atoms with Crippen molar-refractivity contribution < 1.29 is 4.79 Å². The summed E-state index contributed by atoms with van der Waals surface area (Å²) in [6.07, 6.45) is 5.56. The molecule has 0 spiro atoms. The minimum Gasteiger partial charge on any atom is -0.322 e. The number of carbonyl (C=O) groups excluding carboxylic acids is 1. The molecule has 0 saturated heterocycles. The molecule has 120 valence electrons. The molecule has 0 bridgehead atoms. The summed E-state index contributed by atoms with van der Waals surface area (Å²) >= 11 is 2.81. The maximum Gasteiger partial charge on any atom is 0.269 e. The molecule has 0 aliphatic rings. The van der Waals surface area contributed by atoms with Crippen LogP contribution >= 0.6 is 22.7 Å². The van der Waals surface area contributed by atoms with E-state index in [4.69, 9.17) is 0 Å². The normalized spacial score (nSPS) is 11.1. The molecule has 1 N–H and O–H groups in total. The van der Waals surface area contributed by atoms with E-state index in [1.165, 1.54) is 22.7 Å². The van der Waals surface area contributed by atoms with Crippen molar-refractivity contribution in [1.29, 1.82) is 0 Å². The zero-order valence-corrected chi connectivity index (χ0v) is 14.7. The van der Waals surface area contributed by atoms with Crippen LogP contribution in [0.25, 0.3) is 15.9 Å². The van der Waals surface area contributed by atoms with E-state index in [-0.39, 0.29) is 5.91 Å². The van der Waals surface area contributed by atoms with Gasteiger partial charge < -0.3 is 4.57 Å². The van der Waals surface area contributed by atoms with E-state index in [0.717, 1.165) is 27.2 Å². The first-order valence-electron chi connectivity index (χ1n) is 7.38. The van der Waals surface area contributed by atoms with Gasteiger partial charge in [-0.05, 0) is 37.6 Å². The Morgan fingerprint density at radius 1 is 1.25 bits per heavy atom. The number of pyridine rings is 1. The van der Waals surface area contributed by atoms with Crippen LogP contribution in [0.4, 0.5) is 5.13 Å². The molecule has 4 heterocycles. The average molecular weight is 354 g/mol. The van der Waals surface area contributed by atoms with Crippen molar-refractivity contribution >= 4 is 43.9 Å². The molecule has 1 amide bonds. The van der Waals surface area contributed by atoms with Gasteiger partial charge >= 0.3 is 0 Å². The molecule has 0 aliphatic heterocycles. The molecule has 0 fully saturated rings. The van der Waals surface area contributed by atoms with Crippen molar-refractivity contribution in [3.63, 3.8) is 0 Å². The number of fused-ring (bicyclic) bond motifs is 1. The Morgan fingerprint density at radius 2 is 2.04 bits per heavy atom. The van der Waals surface area contributed by atoms with Gasteiger partial charge in [0, 0.05) is 35.1 Å². The van der Waals surface area contributed by atoms with E-state index in [2.05, 4.69) is 22.2 Å². The van der Waals surface area contributed by atoms with Crippen molar-refractivity contribution in [2.24, 2.45) is 0 Å². The first-order valence-corrected chi connectivity index (χ1v) is 9.08. The molecule has 7 heteroatoms. The lowest BCUT2D eigenvalue weighted by Crippen LogP contribution is -2.12. The molecule has 0 aliphatic carbocycles. The number of anilines is 1. The Morgan fingerprint density at radius 3 is 2.75 bits per heavy atom. The molecule has 24 heavy (non-hydrogen) atoms. The summed E-state index contributed by atoms with van der Waals surface area (Å²) in [6, 6.07) is 5.94. The average Bonchev–Trinajstić information content (AvgIpc) is 3.26. The summed E-state index contributed by atoms with van der Waals surface area (Å²) in [7, 11) is 0. The second-order valence-corrected chi connectivity index (χ2v) is 7.32. The second kappa shape index (κ2) is 5.85. The Balaban J connectivity index is 1.92. The molecule has 0 unspecified atom stereocenters. The van der Waals surface area contributed by atoms with Crippen LogP contribution in [0.5, 0.6) is 0 Å². The fourth-order valence-corrected chi connectivity index (χ4v) is 4.46. The second-order valence-electron chi connectivity index (χ2n) is 5.42. The highest BCUT2D eigenvalue weighted by Crippen LogP contribution is 2.36. The highest BCUT2D eigenvalue weighted by Gasteiger charge is 2.22. The van der Waals surface area contributed by atoms with Crippen LogP contribution in [0, 0.1) is 13.8 Å². The summed E-state index contributed by atoms with van der Waals surface area (Å²) < 4.78 is 1.97. The van der Waals surface area contributed by atoms with Crippen LogP contribution in [0.15, 0.2) is 42.2 Å². The van der Waals surface area contributed by atoms with Gasteiger partial charge in [-0.3, -0.25) is 10.1 Å². The number of amides is 1. The van der Waals surface area contributed by atoms with E-state index < -0.39 is 0 Å². The van der Waals surface area contributed by atoms with E-state index in [1.807, 2.05) is 47.5 Å². The zero-order valence-electron chi connectivity index (χ0n) is 13.1. The van der Waals surface area contributed by atoms with E-state index >= 15 is 0 Å². The number of aryl methyl sites for hydroxylation is 2. The number of thiophene rings is 1. The van der Waals surface area contributed by atoms with Crippen molar-refractivity contribution in [3.8, 4) is 5.69 Å². The van der Waals surface area contributed by atoms with Gasteiger partial charge in [0.25, 0.3) is 5.91 Å². The largest absolute Gasteiger partial charge is 0.322 e. The van der Waals surface area contributed by atoms with Gasteiger partial charge in [-0.25, -0.2) is 9.97 Å². The highest BCUT2D eigenvalue weighted by atomic mass is 32.1. The summed E-state index contributed by atoms with van der Waals surface area (Å²) in [6.45, 7) is 4.02. The van der Waals surface area contributed by atoms with Gasteiger partial charge in [0.1, 0.15) is 9.71 Å². The molecule has 5 nitrogen and oxygen atoms in total. The summed E-state index contributed by atoms with van der Waals surface area (Å²) in [5.74, 6) is -0.159. The number of carbonyl (C=O) groups is 1. The van der Waals surface area contributed by atoms with Crippen molar-refractivity contribution in [1.82, 2.24) is 14.5 Å². The lowest BCUT2D eigenvalue weighted by Gasteiger charge is -2.07. The standard InChI is InChI=1S/C17H14N4OS2/c1-10-9-11(2)19-16-12(10)13(21-6-3-4-7-21)14(24-16)15(22)20-17-18-5-8-23-17/h3-9H,1-2H3,(H,18,20,22). The minimum atomic E-state index is -0.159. The number of hydrogen-bond acceptors (Lipinski definition) is 5. The summed E-state index contributed by atoms with van der Waals surface area (Å²) in [5.41, 5.74) is 2.94. The van der Waals surface area contributed by atoms with Crippen LogP contribution in [0.1, 0.15) is 20.9 Å². The maximum atomic E-state index is 12.8. The predicted octanol–water partition coefficient (Wildman–Crippen LogP) is 4.41. The smallest absolute Gasteiger partial charge is 0.269 e. The third-order valence-electron chi connectivity index (χ3n) is 3.68. The van der Waals surface area contributed by atoms with E-state index in [0.29, 0.717) is 10.0 Å². The number of aromatic nitrogens is 3. The Bertz CT molecular complexity index is 1020. The SMILES string of the molecule is Cc1cc(C)c2c(-n3cccc3)c(C(=O)Nc3nccs3)sc2n1. The van der Waals surface area contributed by atoms with Gasteiger partial charge in [-0.2, -0.15) is 0 Å². The lowest BCUT2D eigenvalue weighted by molar-refractivity contribution is 0.103. The molecule has 0 radical (unpaired) electrons. The molecule has 4 rings (SSSR count). The number of nitrogens with one attached hydrogen (secondary N) is 1. The quantitative estimate of drug-likeness (QED) is 0.593. The lowest BCUT2D eigenvalue weighted by atomic mass is 10.1. The Hall–Kier alpha value is -2.51. The van der Waals surface area contributed by atoms with Gasteiger partial charge in [0.05, 0.1) is 5.69 Å². The van der Waals surface area contributed by atoms with Gasteiger partial charge in [0.2, 0.25) is 0 Å². The predicted molar refractivity (Wildman–Crippen MR) is 98.5 cm³/mol. The van der Waals surface area contributed by atoms with E-state index in [9.17, 15) is 4.79 Å². The highest BCUT2D eigenvalue weighted by molar-refractivity contribution is 7.21. The topological polar surface area (TPSA) is 59.8 Å². The van der Waals surface area contributed by atoms with Gasteiger partial charge in [-0.15, -0.1) is 22.7 Å². The van der Waals surface area contributed by atoms with Crippen LogP contribution in [-0.4, -0.2) is 20.4 Å². The van der Waals surface area contributed by atoms with Crippen LogP contribution in [0.2, 0.25) is 0 Å². The molecule has 0 saturated carbocycles. The number of hydrogen-bond donors (Lipinski definition) is 1. The third-order valence-corrected chi connectivity index (χ3v) is 5.44. The summed E-state index contributed by atoms with van der Waals surface area (Å²) in [5, 5.41) is 6.32. The number of nitrogens with zero attached hydrogens (tertiary/aromatic N) is 3. The number of thiazole rings is 1. The fourth-order valence-electron chi connectivity index (χ4n) is 2.75. The zero-order chi connectivity index (χ0) is 16.7. The van der Waals surface area contributed by atoms with E-state index in [1.54, 1.807) is 6.20 Å². The molecule has 0 atom stereocenters. The minimum absolute atomic E-state index is 0.159. The molecular formula is C17H14N4OS2. The fraction of sp³-hybridized carbons (Fsp3) is 0.118. The molecule has 0 aromatic carbocycles. The number of rotatable bonds is 3. The molecule has 4 aromatic rings. The molecule has 4 aromatic heterocycles. The Kier molecular flexibility index (Phi) is 3.66. The Labute approximate surface area is 146 Å². The monoisotopic (exact) mass is 354 g/mol. The first-order chi connectivity index (χ1) is 11.6. The summed E-state index contributed by atoms with van der Waals surface area (Å²) in [4.78, 5) is 23.1. The van der Waals surface area contributed by atoms with Crippen molar-refractivity contribution in [2.75, 3.05) is 5.32 Å². The molecular weight excluding hydrogens is 340 g/mol.